The number of hydrogen-bond acceptors (Lipinski definition) is 5. The van der Waals surface area contributed by atoms with Gasteiger partial charge in [0.25, 0.3) is 0 Å². The Kier molecular flexibility index (Phi) is 5.72. The summed E-state index contributed by atoms with van der Waals surface area (Å²) in [5, 5.41) is 9.98. The van der Waals surface area contributed by atoms with Crippen LogP contribution in [0.3, 0.4) is 0 Å². The van der Waals surface area contributed by atoms with Crippen molar-refractivity contribution in [1.29, 1.82) is 0 Å². The summed E-state index contributed by atoms with van der Waals surface area (Å²) in [6.07, 6.45) is 2.96. The monoisotopic (exact) mass is 375 g/mol. The van der Waals surface area contributed by atoms with Gasteiger partial charge in [0.05, 0.1) is 18.6 Å². The van der Waals surface area contributed by atoms with Gasteiger partial charge in [-0.1, -0.05) is 36.4 Å². The van der Waals surface area contributed by atoms with Gasteiger partial charge in [-0.2, -0.15) is 0 Å². The second-order valence-electron chi connectivity index (χ2n) is 6.79. The zero-order valence-electron chi connectivity index (χ0n) is 15.1. The van der Waals surface area contributed by atoms with E-state index in [0.717, 1.165) is 11.3 Å². The van der Waals surface area contributed by atoms with Crippen molar-refractivity contribution in [2.45, 2.75) is 24.5 Å². The van der Waals surface area contributed by atoms with E-state index in [4.69, 9.17) is 0 Å². The molecule has 3 atom stereocenters. The van der Waals surface area contributed by atoms with Crippen LogP contribution in [0, 0.1) is 0 Å². The Morgan fingerprint density at radius 3 is 2.38 bits per heavy atom. The summed E-state index contributed by atoms with van der Waals surface area (Å²) in [4.78, 5) is 6.53. The average Bonchev–Trinajstić information content (AvgIpc) is 2.63. The maximum atomic E-state index is 11.9. The van der Waals surface area contributed by atoms with Gasteiger partial charge in [0, 0.05) is 44.3 Å². The van der Waals surface area contributed by atoms with Gasteiger partial charge in [0.1, 0.15) is 0 Å². The lowest BCUT2D eigenvalue weighted by Crippen LogP contribution is -2.66. The topological polar surface area (TPSA) is 73.7 Å². The molecule has 0 unspecified atom stereocenters. The molecule has 1 fully saturated rings. The van der Waals surface area contributed by atoms with Crippen molar-refractivity contribution < 1.29 is 13.5 Å². The van der Waals surface area contributed by atoms with Gasteiger partial charge in [0.15, 0.2) is 0 Å². The number of sulfonamides is 1. The second kappa shape index (κ2) is 7.84. The third-order valence-electron chi connectivity index (χ3n) is 5.13. The number of aliphatic hydroxyl groups excluding tert-OH is 1. The van der Waals surface area contributed by atoms with Crippen LogP contribution in [0.25, 0.3) is 0 Å². The van der Waals surface area contributed by atoms with Crippen LogP contribution in [0.15, 0.2) is 54.7 Å². The maximum Gasteiger partial charge on any atom is 0.211 e. The molecule has 0 amide bonds. The maximum absolute atomic E-state index is 11.9. The van der Waals surface area contributed by atoms with Gasteiger partial charge >= 0.3 is 0 Å². The lowest BCUT2D eigenvalue weighted by atomic mass is 9.75. The van der Waals surface area contributed by atoms with Crippen molar-refractivity contribution >= 4 is 10.0 Å². The molecule has 1 aliphatic rings. The SMILES string of the molecule is CN(C[C@@H]1[C@H](c2ccccc2)[C@H](CO)N1Cc1ccccn1)S(C)(=O)=O. The van der Waals surface area contributed by atoms with E-state index >= 15 is 0 Å². The first-order valence-corrected chi connectivity index (χ1v) is 10.5. The Balaban J connectivity index is 1.88. The number of rotatable bonds is 7. The number of nitrogens with zero attached hydrogens (tertiary/aromatic N) is 3. The first kappa shape index (κ1) is 19.0. The summed E-state index contributed by atoms with van der Waals surface area (Å²) < 4.78 is 25.2. The number of benzene rings is 1. The van der Waals surface area contributed by atoms with E-state index in [1.807, 2.05) is 48.5 Å². The fourth-order valence-electron chi connectivity index (χ4n) is 3.68. The molecule has 140 valence electrons. The van der Waals surface area contributed by atoms with Crippen molar-refractivity contribution in [3.05, 3.63) is 66.0 Å². The predicted octanol–water partition coefficient (Wildman–Crippen LogP) is 1.30. The van der Waals surface area contributed by atoms with Gasteiger partial charge in [-0.15, -0.1) is 0 Å². The molecule has 0 radical (unpaired) electrons. The molecule has 7 heteroatoms. The smallest absolute Gasteiger partial charge is 0.211 e. The van der Waals surface area contributed by atoms with E-state index in [-0.39, 0.29) is 24.6 Å². The molecule has 2 aromatic rings. The lowest BCUT2D eigenvalue weighted by Gasteiger charge is -2.55. The molecule has 1 aromatic heterocycles. The van der Waals surface area contributed by atoms with Crippen molar-refractivity contribution in [3.63, 3.8) is 0 Å². The summed E-state index contributed by atoms with van der Waals surface area (Å²) in [6, 6.07) is 15.7. The van der Waals surface area contributed by atoms with Crippen LogP contribution in [-0.4, -0.2) is 66.3 Å². The highest BCUT2D eigenvalue weighted by Crippen LogP contribution is 2.41. The number of likely N-dealkylation sites (N-methyl/N-ethyl adjacent to an activating group) is 1. The first-order chi connectivity index (χ1) is 12.4. The number of hydrogen-bond donors (Lipinski definition) is 1. The third-order valence-corrected chi connectivity index (χ3v) is 6.41. The molecule has 0 aliphatic carbocycles. The molecule has 1 aliphatic heterocycles. The highest BCUT2D eigenvalue weighted by atomic mass is 32.2. The molecular weight excluding hydrogens is 350 g/mol. The third kappa shape index (κ3) is 3.96. The lowest BCUT2D eigenvalue weighted by molar-refractivity contribution is -0.0552. The van der Waals surface area contributed by atoms with E-state index in [9.17, 15) is 13.5 Å². The van der Waals surface area contributed by atoms with Gasteiger partial charge in [-0.3, -0.25) is 9.88 Å². The Bertz CT molecular complexity index is 814. The van der Waals surface area contributed by atoms with Crippen LogP contribution >= 0.6 is 0 Å². The van der Waals surface area contributed by atoms with Crippen LogP contribution in [-0.2, 0) is 16.6 Å². The van der Waals surface area contributed by atoms with Crippen LogP contribution in [0.2, 0.25) is 0 Å². The molecule has 26 heavy (non-hydrogen) atoms. The number of aliphatic hydroxyl groups is 1. The predicted molar refractivity (Wildman–Crippen MR) is 101 cm³/mol. The van der Waals surface area contributed by atoms with Crippen molar-refractivity contribution in [2.75, 3.05) is 26.5 Å². The zero-order valence-corrected chi connectivity index (χ0v) is 15.9. The van der Waals surface area contributed by atoms with E-state index < -0.39 is 10.0 Å². The van der Waals surface area contributed by atoms with Crippen LogP contribution in [0.5, 0.6) is 0 Å². The molecule has 1 saturated heterocycles. The minimum atomic E-state index is -3.27. The van der Waals surface area contributed by atoms with Crippen molar-refractivity contribution in [1.82, 2.24) is 14.2 Å². The van der Waals surface area contributed by atoms with Crippen LogP contribution < -0.4 is 0 Å². The molecule has 1 aromatic carbocycles. The second-order valence-corrected chi connectivity index (χ2v) is 8.88. The molecule has 6 nitrogen and oxygen atoms in total. The Morgan fingerprint density at radius 2 is 1.81 bits per heavy atom. The summed E-state index contributed by atoms with van der Waals surface area (Å²) >= 11 is 0. The van der Waals surface area contributed by atoms with E-state index in [1.54, 1.807) is 13.2 Å². The molecule has 0 spiro atoms. The molecule has 0 saturated carbocycles. The molecule has 2 heterocycles. The fourth-order valence-corrected chi connectivity index (χ4v) is 4.11. The average molecular weight is 375 g/mol. The summed E-state index contributed by atoms with van der Waals surface area (Å²) in [7, 11) is -1.67. The van der Waals surface area contributed by atoms with Crippen LogP contribution in [0.1, 0.15) is 17.2 Å². The Labute approximate surface area is 155 Å². The molecule has 0 bridgehead atoms. The van der Waals surface area contributed by atoms with Gasteiger partial charge in [-0.25, -0.2) is 12.7 Å². The minimum Gasteiger partial charge on any atom is -0.395 e. The summed E-state index contributed by atoms with van der Waals surface area (Å²) in [5.41, 5.74) is 2.03. The van der Waals surface area contributed by atoms with Crippen molar-refractivity contribution in [3.8, 4) is 0 Å². The van der Waals surface area contributed by atoms with Crippen LogP contribution in [0.4, 0.5) is 0 Å². The highest BCUT2D eigenvalue weighted by molar-refractivity contribution is 7.88. The van der Waals surface area contributed by atoms with Gasteiger partial charge < -0.3 is 5.11 Å². The zero-order chi connectivity index (χ0) is 18.7. The Morgan fingerprint density at radius 1 is 1.12 bits per heavy atom. The van der Waals surface area contributed by atoms with Gasteiger partial charge in [-0.05, 0) is 17.7 Å². The number of pyridine rings is 1. The standard InChI is InChI=1S/C19H25N3O3S/c1-21(26(2,24)25)13-17-19(15-8-4-3-5-9-15)18(14-23)22(17)12-16-10-6-7-11-20-16/h3-11,17-19,23H,12-14H2,1-2H3/t17-,18+,19+/m1/s1. The summed E-state index contributed by atoms with van der Waals surface area (Å²) in [6.45, 7) is 0.977. The first-order valence-electron chi connectivity index (χ1n) is 8.64. The normalized spacial score (nSPS) is 23.8. The van der Waals surface area contributed by atoms with E-state index in [1.165, 1.54) is 10.6 Å². The number of aromatic nitrogens is 1. The van der Waals surface area contributed by atoms with Gasteiger partial charge in [0.2, 0.25) is 10.0 Å². The molecular formula is C19H25N3O3S. The molecule has 3 rings (SSSR count). The fraction of sp³-hybridized carbons (Fsp3) is 0.421. The molecule has 1 N–H and O–H groups in total. The quantitative estimate of drug-likeness (QED) is 0.790. The van der Waals surface area contributed by atoms with Crippen molar-refractivity contribution in [2.24, 2.45) is 0 Å². The highest BCUT2D eigenvalue weighted by Gasteiger charge is 2.49. The Hall–Kier alpha value is -1.80. The summed E-state index contributed by atoms with van der Waals surface area (Å²) in [5.74, 6) is 0.0779. The minimum absolute atomic E-state index is 0.0173. The number of likely N-dealkylation sites (tertiary alicyclic amines) is 1. The largest absolute Gasteiger partial charge is 0.395 e. The van der Waals surface area contributed by atoms with E-state index in [0.29, 0.717) is 13.1 Å². The van der Waals surface area contributed by atoms with E-state index in [2.05, 4.69) is 9.88 Å².